The lowest BCUT2D eigenvalue weighted by Crippen LogP contribution is -2.36. The molecular weight excluding hydrogens is 310 g/mol. The van der Waals surface area contributed by atoms with Crippen LogP contribution >= 0.6 is 12.4 Å². The molecule has 0 aromatic carbocycles. The Balaban J connectivity index is 0.00000135. The van der Waals surface area contributed by atoms with Gasteiger partial charge in [0, 0.05) is 18.4 Å². The first-order valence-corrected chi connectivity index (χ1v) is 9.40. The van der Waals surface area contributed by atoms with Crippen molar-refractivity contribution in [3.8, 4) is 0 Å². The fourth-order valence-electron chi connectivity index (χ4n) is 6.67. The molecule has 5 atom stereocenters. The van der Waals surface area contributed by atoms with Gasteiger partial charge in [-0.05, 0) is 82.2 Å². The van der Waals surface area contributed by atoms with Gasteiger partial charge in [-0.3, -0.25) is 4.79 Å². The summed E-state index contributed by atoms with van der Waals surface area (Å²) in [7, 11) is 4.17. The van der Waals surface area contributed by atoms with Gasteiger partial charge in [0.15, 0.2) is 0 Å². The van der Waals surface area contributed by atoms with Crippen molar-refractivity contribution in [3.05, 3.63) is 0 Å². The first-order valence-electron chi connectivity index (χ1n) is 9.40. The van der Waals surface area contributed by atoms with E-state index in [1.54, 1.807) is 0 Å². The Morgan fingerprint density at radius 1 is 1.04 bits per heavy atom. The molecule has 5 aliphatic rings. The van der Waals surface area contributed by atoms with Gasteiger partial charge >= 0.3 is 5.97 Å². The van der Waals surface area contributed by atoms with Gasteiger partial charge in [-0.2, -0.15) is 0 Å². The Kier molecular flexibility index (Phi) is 3.60. The number of halogens is 1. The molecule has 0 unspecified atom stereocenters. The fourth-order valence-corrected chi connectivity index (χ4v) is 6.67. The minimum atomic E-state index is 0. The van der Waals surface area contributed by atoms with Crippen LogP contribution in [0.15, 0.2) is 0 Å². The molecule has 1 saturated heterocycles. The van der Waals surface area contributed by atoms with Crippen LogP contribution in [-0.4, -0.2) is 37.6 Å². The summed E-state index contributed by atoms with van der Waals surface area (Å²) in [5.41, 5.74) is 1.25. The summed E-state index contributed by atoms with van der Waals surface area (Å²) in [5, 5.41) is 0. The Hall–Kier alpha value is -0.280. The molecule has 4 aliphatic carbocycles. The summed E-state index contributed by atoms with van der Waals surface area (Å²) in [6.45, 7) is 0.872. The molecule has 4 saturated carbocycles. The van der Waals surface area contributed by atoms with Crippen molar-refractivity contribution in [3.63, 3.8) is 0 Å². The topological polar surface area (TPSA) is 29.5 Å². The average Bonchev–Trinajstić information content (AvgIpc) is 3.34. The molecule has 5 fully saturated rings. The first-order chi connectivity index (χ1) is 10.5. The lowest BCUT2D eigenvalue weighted by molar-refractivity contribution is -0.147. The lowest BCUT2D eigenvalue weighted by Gasteiger charge is -2.33. The van der Waals surface area contributed by atoms with Gasteiger partial charge in [0.05, 0.1) is 5.92 Å². The van der Waals surface area contributed by atoms with Crippen LogP contribution in [0.5, 0.6) is 0 Å². The number of carbonyl (C=O) groups excluding carboxylic acids is 1. The first kappa shape index (κ1) is 16.2. The molecule has 23 heavy (non-hydrogen) atoms. The zero-order valence-corrected chi connectivity index (χ0v) is 15.2. The highest BCUT2D eigenvalue weighted by atomic mass is 35.5. The largest absolute Gasteiger partial charge is 0.461 e. The average molecular weight is 340 g/mol. The van der Waals surface area contributed by atoms with Crippen molar-refractivity contribution < 1.29 is 9.53 Å². The van der Waals surface area contributed by atoms with Crippen molar-refractivity contribution >= 4 is 18.4 Å². The molecule has 0 radical (unpaired) electrons. The molecule has 1 heterocycles. The lowest BCUT2D eigenvalue weighted by atomic mass is 9.73. The molecule has 1 aliphatic heterocycles. The van der Waals surface area contributed by atoms with Crippen LogP contribution in [0.1, 0.15) is 51.4 Å². The standard InChI is InChI=1S/C19H29NO2.ClH/c1-20(2)11-13-12-3-5-18(7-8-18)14-4-6-19(9-10-19)15(14)16(12)22-17(13)21;/h12-16H,3-11H2,1-2H3;1H/t12-,13-,14+,15-,16-;/m0./s1. The molecule has 0 amide bonds. The second-order valence-electron chi connectivity index (χ2n) is 9.37. The molecule has 5 rings (SSSR count). The van der Waals surface area contributed by atoms with Gasteiger partial charge in [0.1, 0.15) is 6.10 Å². The third kappa shape index (κ3) is 2.22. The van der Waals surface area contributed by atoms with Crippen LogP contribution < -0.4 is 0 Å². The van der Waals surface area contributed by atoms with Crippen LogP contribution in [0.3, 0.4) is 0 Å². The van der Waals surface area contributed by atoms with Crippen LogP contribution in [0.2, 0.25) is 0 Å². The smallest absolute Gasteiger partial charge is 0.310 e. The van der Waals surface area contributed by atoms with Gasteiger partial charge in [0.25, 0.3) is 0 Å². The molecule has 3 nitrogen and oxygen atoms in total. The summed E-state index contributed by atoms with van der Waals surface area (Å²) in [6.07, 6.45) is 11.4. The minimum Gasteiger partial charge on any atom is -0.461 e. The third-order valence-corrected chi connectivity index (χ3v) is 8.05. The molecule has 0 N–H and O–H groups in total. The quantitative estimate of drug-likeness (QED) is 0.721. The number of hydrogen-bond acceptors (Lipinski definition) is 3. The SMILES string of the molecule is CN(C)C[C@@H]1C(=O)O[C@H]2[C@H]1CCC1(CC1)[C@@H]1CCC3(CC3)[C@H]21.Cl. The number of hydrogen-bond donors (Lipinski definition) is 0. The van der Waals surface area contributed by atoms with E-state index < -0.39 is 0 Å². The number of carbonyl (C=O) groups is 1. The second-order valence-corrected chi connectivity index (χ2v) is 9.37. The van der Waals surface area contributed by atoms with Gasteiger partial charge in [-0.1, -0.05) is 0 Å². The highest BCUT2D eigenvalue weighted by Crippen LogP contribution is 2.74. The van der Waals surface area contributed by atoms with Crippen molar-refractivity contribution in [1.29, 1.82) is 0 Å². The molecule has 4 heteroatoms. The van der Waals surface area contributed by atoms with Crippen LogP contribution in [0, 0.1) is 34.5 Å². The van der Waals surface area contributed by atoms with Crippen LogP contribution in [-0.2, 0) is 9.53 Å². The molecule has 0 bridgehead atoms. The molecule has 0 aromatic rings. The maximum absolute atomic E-state index is 12.5. The van der Waals surface area contributed by atoms with Crippen LogP contribution in [0.4, 0.5) is 0 Å². The maximum Gasteiger partial charge on any atom is 0.310 e. The zero-order chi connectivity index (χ0) is 15.1. The van der Waals surface area contributed by atoms with E-state index in [1.165, 1.54) is 51.4 Å². The maximum atomic E-state index is 12.5. The van der Waals surface area contributed by atoms with Crippen molar-refractivity contribution in [2.24, 2.45) is 34.5 Å². The summed E-state index contributed by atoms with van der Waals surface area (Å²) in [5.74, 6) is 2.32. The minimum absolute atomic E-state index is 0. The number of esters is 1. The number of nitrogens with zero attached hydrogens (tertiary/aromatic N) is 1. The van der Waals surface area contributed by atoms with E-state index in [9.17, 15) is 4.79 Å². The normalized spacial score (nSPS) is 44.5. The molecule has 0 aromatic heterocycles. The Labute approximate surface area is 145 Å². The number of ether oxygens (including phenoxy) is 1. The number of rotatable bonds is 2. The van der Waals surface area contributed by atoms with E-state index in [1.807, 2.05) is 0 Å². The highest BCUT2D eigenvalue weighted by Gasteiger charge is 2.69. The molecular formula is C19H30ClNO2. The second kappa shape index (κ2) is 5.11. The van der Waals surface area contributed by atoms with Crippen molar-refractivity contribution in [2.75, 3.05) is 20.6 Å². The predicted octanol–water partition coefficient (Wildman–Crippen LogP) is 3.51. The summed E-state index contributed by atoms with van der Waals surface area (Å²) >= 11 is 0. The Morgan fingerprint density at radius 2 is 1.70 bits per heavy atom. The van der Waals surface area contributed by atoms with E-state index in [4.69, 9.17) is 4.74 Å². The van der Waals surface area contributed by atoms with Crippen molar-refractivity contribution in [2.45, 2.75) is 57.5 Å². The van der Waals surface area contributed by atoms with Gasteiger partial charge in [0.2, 0.25) is 0 Å². The van der Waals surface area contributed by atoms with E-state index in [0.29, 0.717) is 22.7 Å². The van der Waals surface area contributed by atoms with E-state index in [0.717, 1.165) is 12.5 Å². The summed E-state index contributed by atoms with van der Waals surface area (Å²) in [6, 6.07) is 0. The Morgan fingerprint density at radius 3 is 2.30 bits per heavy atom. The molecule has 130 valence electrons. The zero-order valence-electron chi connectivity index (χ0n) is 14.4. The fraction of sp³-hybridized carbons (Fsp3) is 0.947. The Bertz CT molecular complexity index is 511. The van der Waals surface area contributed by atoms with E-state index in [-0.39, 0.29) is 30.4 Å². The van der Waals surface area contributed by atoms with E-state index in [2.05, 4.69) is 19.0 Å². The van der Waals surface area contributed by atoms with Crippen molar-refractivity contribution in [1.82, 2.24) is 4.90 Å². The van der Waals surface area contributed by atoms with Gasteiger partial charge in [-0.15, -0.1) is 12.4 Å². The summed E-state index contributed by atoms with van der Waals surface area (Å²) < 4.78 is 6.10. The summed E-state index contributed by atoms with van der Waals surface area (Å²) in [4.78, 5) is 14.7. The van der Waals surface area contributed by atoms with Gasteiger partial charge in [-0.25, -0.2) is 0 Å². The monoisotopic (exact) mass is 339 g/mol. The van der Waals surface area contributed by atoms with E-state index >= 15 is 0 Å². The molecule has 2 spiro atoms. The number of fused-ring (bicyclic) bond motifs is 5. The van der Waals surface area contributed by atoms with Gasteiger partial charge < -0.3 is 9.64 Å². The highest BCUT2D eigenvalue weighted by molar-refractivity contribution is 5.85. The third-order valence-electron chi connectivity index (χ3n) is 8.05. The predicted molar refractivity (Wildman–Crippen MR) is 91.4 cm³/mol. The van der Waals surface area contributed by atoms with Crippen LogP contribution in [0.25, 0.3) is 0 Å².